The van der Waals surface area contributed by atoms with E-state index in [9.17, 15) is 9.90 Å². The summed E-state index contributed by atoms with van der Waals surface area (Å²) in [6, 6.07) is 8.52. The van der Waals surface area contributed by atoms with Crippen molar-refractivity contribution in [3.8, 4) is 11.5 Å². The number of pyridine rings is 1. The summed E-state index contributed by atoms with van der Waals surface area (Å²) >= 11 is 0. The van der Waals surface area contributed by atoms with Crippen LogP contribution in [0.25, 0.3) is 12.2 Å². The summed E-state index contributed by atoms with van der Waals surface area (Å²) in [5, 5.41) is 10.3. The fourth-order valence-electron chi connectivity index (χ4n) is 2.19. The van der Waals surface area contributed by atoms with Gasteiger partial charge in [0.25, 0.3) is 0 Å². The molecule has 0 aliphatic rings. The average molecular weight is 311 g/mol. The fraction of sp³-hybridized carbons (Fsp3) is 0.211. The first-order chi connectivity index (χ1) is 11.0. The standard InChI is InChI=1S/C19H21NO3/c1-13(2)7-10-16-17(21)11-14(12-18(16)23-3)8-9-15-5-4-6-19(22)20-15/h4-9,11-12,21H,10H2,1-3H3,(H,20,22)/b9-8+. The highest BCUT2D eigenvalue weighted by Gasteiger charge is 2.09. The van der Waals surface area contributed by atoms with Crippen molar-refractivity contribution >= 4 is 12.2 Å². The Kier molecular flexibility index (Phi) is 5.41. The highest BCUT2D eigenvalue weighted by Crippen LogP contribution is 2.31. The van der Waals surface area contributed by atoms with E-state index >= 15 is 0 Å². The van der Waals surface area contributed by atoms with Crippen LogP contribution in [0.3, 0.4) is 0 Å². The van der Waals surface area contributed by atoms with Crippen LogP contribution in [0.2, 0.25) is 0 Å². The Labute approximate surface area is 135 Å². The van der Waals surface area contributed by atoms with Gasteiger partial charge in [0.15, 0.2) is 0 Å². The van der Waals surface area contributed by atoms with Gasteiger partial charge in [-0.05, 0) is 50.1 Å². The number of methoxy groups -OCH3 is 1. The number of aromatic amines is 1. The lowest BCUT2D eigenvalue weighted by Gasteiger charge is -2.10. The van der Waals surface area contributed by atoms with Crippen molar-refractivity contribution in [1.82, 2.24) is 4.98 Å². The molecule has 2 N–H and O–H groups in total. The molecule has 0 atom stereocenters. The van der Waals surface area contributed by atoms with Crippen LogP contribution in [-0.2, 0) is 6.42 Å². The van der Waals surface area contributed by atoms with Crippen LogP contribution in [0.15, 0.2) is 46.8 Å². The Morgan fingerprint density at radius 3 is 2.70 bits per heavy atom. The molecule has 0 aliphatic carbocycles. The fourth-order valence-corrected chi connectivity index (χ4v) is 2.19. The van der Waals surface area contributed by atoms with Crippen molar-refractivity contribution < 1.29 is 9.84 Å². The molecule has 0 radical (unpaired) electrons. The van der Waals surface area contributed by atoms with Gasteiger partial charge in [0, 0.05) is 17.3 Å². The van der Waals surface area contributed by atoms with Gasteiger partial charge in [-0.2, -0.15) is 0 Å². The molecule has 0 amide bonds. The van der Waals surface area contributed by atoms with Crippen molar-refractivity contribution in [3.63, 3.8) is 0 Å². The number of aromatic nitrogens is 1. The summed E-state index contributed by atoms with van der Waals surface area (Å²) in [6.07, 6.45) is 6.26. The van der Waals surface area contributed by atoms with Gasteiger partial charge in [0.1, 0.15) is 11.5 Å². The lowest BCUT2D eigenvalue weighted by molar-refractivity contribution is 0.401. The smallest absolute Gasteiger partial charge is 0.248 e. The average Bonchev–Trinajstić information content (AvgIpc) is 2.51. The van der Waals surface area contributed by atoms with Crippen LogP contribution in [0.4, 0.5) is 0 Å². The second-order valence-electron chi connectivity index (χ2n) is 5.51. The number of phenols is 1. The number of rotatable bonds is 5. The lowest BCUT2D eigenvalue weighted by Crippen LogP contribution is -2.03. The molecule has 1 aromatic carbocycles. The molecule has 0 fully saturated rings. The van der Waals surface area contributed by atoms with E-state index in [-0.39, 0.29) is 11.3 Å². The first kappa shape index (κ1) is 16.6. The molecule has 4 heteroatoms. The van der Waals surface area contributed by atoms with Crippen molar-refractivity contribution in [2.75, 3.05) is 7.11 Å². The van der Waals surface area contributed by atoms with Gasteiger partial charge in [0.05, 0.1) is 7.11 Å². The summed E-state index contributed by atoms with van der Waals surface area (Å²) in [7, 11) is 1.59. The van der Waals surface area contributed by atoms with Gasteiger partial charge in [-0.1, -0.05) is 23.8 Å². The number of ether oxygens (including phenoxy) is 1. The SMILES string of the molecule is COc1cc(/C=C/c2cccc(=O)[nH]2)cc(O)c1CC=C(C)C. The topological polar surface area (TPSA) is 62.3 Å². The van der Waals surface area contributed by atoms with Crippen LogP contribution in [0.5, 0.6) is 11.5 Å². The van der Waals surface area contributed by atoms with Crippen LogP contribution in [0.1, 0.15) is 30.7 Å². The van der Waals surface area contributed by atoms with Crippen molar-refractivity contribution in [2.45, 2.75) is 20.3 Å². The van der Waals surface area contributed by atoms with Crippen molar-refractivity contribution in [2.24, 2.45) is 0 Å². The maximum Gasteiger partial charge on any atom is 0.248 e. The molecule has 4 nitrogen and oxygen atoms in total. The number of benzene rings is 1. The summed E-state index contributed by atoms with van der Waals surface area (Å²) < 4.78 is 5.39. The monoisotopic (exact) mass is 311 g/mol. The van der Waals surface area contributed by atoms with Gasteiger partial charge in [-0.15, -0.1) is 0 Å². The van der Waals surface area contributed by atoms with Gasteiger partial charge in [-0.3, -0.25) is 4.79 Å². The molecular weight excluding hydrogens is 290 g/mol. The second kappa shape index (κ2) is 7.49. The second-order valence-corrected chi connectivity index (χ2v) is 5.51. The minimum atomic E-state index is -0.148. The molecule has 0 saturated heterocycles. The Bertz CT molecular complexity index is 797. The summed E-state index contributed by atoms with van der Waals surface area (Å²) in [5.74, 6) is 0.840. The summed E-state index contributed by atoms with van der Waals surface area (Å²) in [4.78, 5) is 14.0. The maximum absolute atomic E-state index is 11.3. The Morgan fingerprint density at radius 2 is 2.04 bits per heavy atom. The van der Waals surface area contributed by atoms with E-state index in [1.165, 1.54) is 11.6 Å². The van der Waals surface area contributed by atoms with Crippen LogP contribution < -0.4 is 10.3 Å². The molecule has 0 bridgehead atoms. The van der Waals surface area contributed by atoms with Crippen LogP contribution in [0, 0.1) is 0 Å². The normalized spacial score (nSPS) is 10.7. The predicted molar refractivity (Wildman–Crippen MR) is 93.8 cm³/mol. The molecule has 1 heterocycles. The number of H-pyrrole nitrogens is 1. The molecule has 0 unspecified atom stereocenters. The Morgan fingerprint density at radius 1 is 1.26 bits per heavy atom. The minimum absolute atomic E-state index is 0.148. The first-order valence-electron chi connectivity index (χ1n) is 7.40. The van der Waals surface area contributed by atoms with E-state index in [1.807, 2.05) is 32.1 Å². The third-order valence-corrected chi connectivity index (χ3v) is 3.39. The largest absolute Gasteiger partial charge is 0.507 e. The lowest BCUT2D eigenvalue weighted by atomic mass is 10.0. The van der Waals surface area contributed by atoms with Gasteiger partial charge in [0.2, 0.25) is 5.56 Å². The van der Waals surface area contributed by atoms with E-state index in [0.717, 1.165) is 11.1 Å². The maximum atomic E-state index is 11.3. The van der Waals surface area contributed by atoms with E-state index in [0.29, 0.717) is 17.9 Å². The summed E-state index contributed by atoms with van der Waals surface area (Å²) in [5.41, 5.74) is 3.29. The zero-order chi connectivity index (χ0) is 16.8. The number of hydrogen-bond acceptors (Lipinski definition) is 3. The molecule has 23 heavy (non-hydrogen) atoms. The zero-order valence-corrected chi connectivity index (χ0v) is 13.6. The molecule has 1 aromatic heterocycles. The van der Waals surface area contributed by atoms with Crippen molar-refractivity contribution in [1.29, 1.82) is 0 Å². The molecule has 2 rings (SSSR count). The molecule has 0 spiro atoms. The number of hydrogen-bond donors (Lipinski definition) is 2. The molecule has 0 saturated carbocycles. The van der Waals surface area contributed by atoms with E-state index in [2.05, 4.69) is 4.98 Å². The van der Waals surface area contributed by atoms with Crippen molar-refractivity contribution in [3.05, 3.63) is 69.2 Å². The van der Waals surface area contributed by atoms with E-state index in [4.69, 9.17) is 4.74 Å². The third kappa shape index (κ3) is 4.61. The number of phenolic OH excluding ortho intramolecular Hbond substituents is 1. The summed E-state index contributed by atoms with van der Waals surface area (Å²) in [6.45, 7) is 4.03. The number of allylic oxidation sites excluding steroid dienone is 2. The van der Waals surface area contributed by atoms with Gasteiger partial charge in [-0.25, -0.2) is 0 Å². The Balaban J connectivity index is 2.32. The van der Waals surface area contributed by atoms with E-state index in [1.54, 1.807) is 31.4 Å². The van der Waals surface area contributed by atoms with Gasteiger partial charge < -0.3 is 14.8 Å². The predicted octanol–water partition coefficient (Wildman–Crippen LogP) is 3.77. The van der Waals surface area contributed by atoms with Crippen LogP contribution in [-0.4, -0.2) is 17.2 Å². The van der Waals surface area contributed by atoms with Crippen LogP contribution >= 0.6 is 0 Å². The molecule has 0 aliphatic heterocycles. The quantitative estimate of drug-likeness (QED) is 0.826. The van der Waals surface area contributed by atoms with Gasteiger partial charge >= 0.3 is 0 Å². The highest BCUT2D eigenvalue weighted by molar-refractivity contribution is 5.70. The number of nitrogens with one attached hydrogen (secondary N) is 1. The Hall–Kier alpha value is -2.75. The van der Waals surface area contributed by atoms with E-state index < -0.39 is 0 Å². The molecule has 2 aromatic rings. The third-order valence-electron chi connectivity index (χ3n) is 3.39. The highest BCUT2D eigenvalue weighted by atomic mass is 16.5. The molecular formula is C19H21NO3. The minimum Gasteiger partial charge on any atom is -0.507 e. The molecule has 120 valence electrons. The first-order valence-corrected chi connectivity index (χ1v) is 7.40. The number of aromatic hydroxyl groups is 1. The zero-order valence-electron chi connectivity index (χ0n) is 13.6.